The number of allylic oxidation sites excluding steroid dienone is 2. The molecule has 1 aliphatic rings. The summed E-state index contributed by atoms with van der Waals surface area (Å²) in [5, 5.41) is 10.8. The Morgan fingerprint density at radius 3 is 2.68 bits per heavy atom. The van der Waals surface area contributed by atoms with Crippen LogP contribution in [-0.2, 0) is 4.79 Å². The maximum absolute atomic E-state index is 13.4. The fraction of sp³-hybridized carbons (Fsp3) is 0.308. The molecule has 0 amide bonds. The van der Waals surface area contributed by atoms with Crippen LogP contribution in [0.1, 0.15) is 25.3 Å². The van der Waals surface area contributed by atoms with Gasteiger partial charge in [0.25, 0.3) is 0 Å². The van der Waals surface area contributed by atoms with E-state index in [2.05, 4.69) is 0 Å². The van der Waals surface area contributed by atoms with E-state index in [1.54, 1.807) is 0 Å². The first kappa shape index (κ1) is 13.2. The number of ketones is 1. The largest absolute Gasteiger partial charge is 0.393 e. The van der Waals surface area contributed by atoms with E-state index in [4.69, 9.17) is 5.73 Å². The summed E-state index contributed by atoms with van der Waals surface area (Å²) in [7, 11) is 0. The molecule has 1 aromatic rings. The van der Waals surface area contributed by atoms with Crippen LogP contribution in [0.3, 0.4) is 0 Å². The zero-order valence-electron chi connectivity index (χ0n) is 10.4. The number of rotatable bonds is 2. The minimum Gasteiger partial charge on any atom is -0.393 e. The van der Waals surface area contributed by atoms with Crippen LogP contribution in [-0.4, -0.2) is 10.7 Å². The Hall–Kier alpha value is -2.24. The van der Waals surface area contributed by atoms with Crippen molar-refractivity contribution in [1.82, 2.24) is 0 Å². The number of hydrogen-bond donors (Lipinski definition) is 1. The minimum atomic E-state index is -0.970. The van der Waals surface area contributed by atoms with Crippen molar-refractivity contribution in [2.45, 2.75) is 19.8 Å². The first-order chi connectivity index (χ1) is 8.90. The maximum Gasteiger partial charge on any atom is 0.328 e. The predicted octanol–water partition coefficient (Wildman–Crippen LogP) is 2.70. The number of carbonyl (C=O) groups is 1. The smallest absolute Gasteiger partial charge is 0.328 e. The van der Waals surface area contributed by atoms with Gasteiger partial charge in [0, 0.05) is 12.0 Å². The van der Waals surface area contributed by atoms with Gasteiger partial charge in [0.05, 0.1) is 4.92 Å². The third kappa shape index (κ3) is 2.47. The van der Waals surface area contributed by atoms with Gasteiger partial charge in [-0.3, -0.25) is 14.9 Å². The molecule has 0 saturated heterocycles. The monoisotopic (exact) mass is 264 g/mol. The first-order valence-corrected chi connectivity index (χ1v) is 5.86. The highest BCUT2D eigenvalue weighted by Crippen LogP contribution is 2.37. The molecule has 0 unspecified atom stereocenters. The number of carbonyl (C=O) groups excluding carboxylic acids is 1. The fourth-order valence-corrected chi connectivity index (χ4v) is 2.34. The average molecular weight is 264 g/mol. The Bertz CT molecular complexity index is 596. The summed E-state index contributed by atoms with van der Waals surface area (Å²) in [6.45, 7) is 1.92. The Balaban J connectivity index is 2.55. The van der Waals surface area contributed by atoms with Crippen molar-refractivity contribution in [3.05, 3.63) is 39.7 Å². The number of hydrogen-bond acceptors (Lipinski definition) is 4. The van der Waals surface area contributed by atoms with Gasteiger partial charge in [0.1, 0.15) is 5.69 Å². The second-order valence-electron chi connectivity index (χ2n) is 4.76. The molecule has 0 aliphatic heterocycles. The zero-order valence-corrected chi connectivity index (χ0v) is 10.4. The summed E-state index contributed by atoms with van der Waals surface area (Å²) in [5.41, 5.74) is 5.71. The predicted molar refractivity (Wildman–Crippen MR) is 68.8 cm³/mol. The van der Waals surface area contributed by atoms with Crippen LogP contribution in [0.5, 0.6) is 0 Å². The second-order valence-corrected chi connectivity index (χ2v) is 4.76. The molecule has 0 radical (unpaired) electrons. The Kier molecular flexibility index (Phi) is 3.33. The number of halogens is 1. The van der Waals surface area contributed by atoms with Crippen molar-refractivity contribution in [3.8, 4) is 0 Å². The highest BCUT2D eigenvalue weighted by Gasteiger charge is 2.25. The van der Waals surface area contributed by atoms with Crippen LogP contribution in [0.25, 0.3) is 5.57 Å². The van der Waals surface area contributed by atoms with Crippen LogP contribution in [0.4, 0.5) is 15.8 Å². The molecule has 0 bridgehead atoms. The number of nitrogens with two attached hydrogens (primary N) is 1. The summed E-state index contributed by atoms with van der Waals surface area (Å²) in [4.78, 5) is 21.5. The lowest BCUT2D eigenvalue weighted by Crippen LogP contribution is -2.12. The van der Waals surface area contributed by atoms with Gasteiger partial charge >= 0.3 is 5.69 Å². The highest BCUT2D eigenvalue weighted by molar-refractivity contribution is 6.00. The molecule has 1 aromatic carbocycles. The molecule has 5 nitrogen and oxygen atoms in total. The second kappa shape index (κ2) is 4.79. The summed E-state index contributed by atoms with van der Waals surface area (Å²) in [5.74, 6) is -0.863. The van der Waals surface area contributed by atoms with Crippen LogP contribution in [0.15, 0.2) is 18.2 Å². The molecule has 0 spiro atoms. The Morgan fingerprint density at radius 1 is 1.42 bits per heavy atom. The molecule has 6 heteroatoms. The lowest BCUT2D eigenvalue weighted by molar-refractivity contribution is -0.386. The zero-order chi connectivity index (χ0) is 14.2. The van der Waals surface area contributed by atoms with Gasteiger partial charge < -0.3 is 5.73 Å². The van der Waals surface area contributed by atoms with Gasteiger partial charge in [0.15, 0.2) is 5.78 Å². The van der Waals surface area contributed by atoms with E-state index in [0.717, 1.165) is 6.07 Å². The minimum absolute atomic E-state index is 0.0415. The van der Waals surface area contributed by atoms with Crippen LogP contribution >= 0.6 is 0 Å². The lowest BCUT2D eigenvalue weighted by atomic mass is 9.85. The molecule has 2 N–H and O–H groups in total. The third-order valence-electron chi connectivity index (χ3n) is 3.15. The van der Waals surface area contributed by atoms with Gasteiger partial charge in [-0.15, -0.1) is 0 Å². The average Bonchev–Trinajstić information content (AvgIpc) is 2.26. The molecule has 0 heterocycles. The fourth-order valence-electron chi connectivity index (χ4n) is 2.34. The van der Waals surface area contributed by atoms with Crippen molar-refractivity contribution < 1.29 is 14.1 Å². The van der Waals surface area contributed by atoms with Gasteiger partial charge in [-0.25, -0.2) is 0 Å². The molecule has 1 aliphatic carbocycles. The molecule has 2 rings (SSSR count). The van der Waals surface area contributed by atoms with Crippen molar-refractivity contribution in [1.29, 1.82) is 0 Å². The van der Waals surface area contributed by atoms with E-state index in [1.807, 2.05) is 6.92 Å². The van der Waals surface area contributed by atoms with E-state index < -0.39 is 16.4 Å². The van der Waals surface area contributed by atoms with Crippen molar-refractivity contribution in [2.75, 3.05) is 5.73 Å². The van der Waals surface area contributed by atoms with Crippen LogP contribution < -0.4 is 5.73 Å². The Labute approximate surface area is 109 Å². The molecule has 0 fully saturated rings. The maximum atomic E-state index is 13.4. The van der Waals surface area contributed by atoms with E-state index in [-0.39, 0.29) is 17.4 Å². The molecule has 100 valence electrons. The van der Waals surface area contributed by atoms with E-state index in [1.165, 1.54) is 12.1 Å². The number of nitrogen functional groups attached to an aromatic ring is 1. The quantitative estimate of drug-likeness (QED) is 0.505. The Morgan fingerprint density at radius 2 is 2.11 bits per heavy atom. The molecule has 1 atom stereocenters. The summed E-state index contributed by atoms with van der Waals surface area (Å²) in [6.07, 6.45) is 2.48. The number of anilines is 1. The molecular weight excluding hydrogens is 251 g/mol. The number of nitrogens with zero attached hydrogens (tertiary/aromatic N) is 1. The lowest BCUT2D eigenvalue weighted by Gasteiger charge is -2.19. The highest BCUT2D eigenvalue weighted by atomic mass is 19.1. The van der Waals surface area contributed by atoms with Crippen LogP contribution in [0.2, 0.25) is 0 Å². The van der Waals surface area contributed by atoms with Gasteiger partial charge in [-0.05, 0) is 36.1 Å². The SMILES string of the molecule is C[C@@H]1CC(=O)C=C(c2ccc(F)c([N+](=O)[O-])c2N)C1. The molecular formula is C13H13FN2O3. The van der Waals surface area contributed by atoms with Crippen molar-refractivity contribution >= 4 is 22.7 Å². The molecule has 0 aromatic heterocycles. The van der Waals surface area contributed by atoms with E-state index in [0.29, 0.717) is 24.0 Å². The standard InChI is InChI=1S/C13H13FN2O3/c1-7-4-8(6-9(17)5-7)10-2-3-11(14)13(12(10)15)16(18)19/h2-3,6-7H,4-5,15H2,1H3/t7-/m0/s1. The van der Waals surface area contributed by atoms with E-state index >= 15 is 0 Å². The summed E-state index contributed by atoms with van der Waals surface area (Å²) < 4.78 is 13.4. The number of benzene rings is 1. The number of nitro groups is 1. The van der Waals surface area contributed by atoms with Gasteiger partial charge in [-0.1, -0.05) is 6.92 Å². The summed E-state index contributed by atoms with van der Waals surface area (Å²) in [6, 6.07) is 2.39. The molecule has 19 heavy (non-hydrogen) atoms. The summed E-state index contributed by atoms with van der Waals surface area (Å²) >= 11 is 0. The third-order valence-corrected chi connectivity index (χ3v) is 3.15. The first-order valence-electron chi connectivity index (χ1n) is 5.86. The van der Waals surface area contributed by atoms with Crippen molar-refractivity contribution in [3.63, 3.8) is 0 Å². The normalized spacial score (nSPS) is 19.2. The number of nitro benzene ring substituents is 1. The topological polar surface area (TPSA) is 86.2 Å². The van der Waals surface area contributed by atoms with Gasteiger partial charge in [-0.2, -0.15) is 4.39 Å². The van der Waals surface area contributed by atoms with E-state index in [9.17, 15) is 19.3 Å². The van der Waals surface area contributed by atoms with Crippen molar-refractivity contribution in [2.24, 2.45) is 5.92 Å². The van der Waals surface area contributed by atoms with Crippen LogP contribution in [0, 0.1) is 21.8 Å². The van der Waals surface area contributed by atoms with Gasteiger partial charge in [0.2, 0.25) is 5.82 Å². The molecule has 0 saturated carbocycles.